The minimum absolute atomic E-state index is 0.128. The molecule has 0 spiro atoms. The first-order valence-electron chi connectivity index (χ1n) is 7.19. The van der Waals surface area contributed by atoms with Gasteiger partial charge in [0.2, 0.25) is 6.43 Å². The molecule has 20 heavy (non-hydrogen) atoms. The molecule has 0 radical (unpaired) electrons. The fourth-order valence-electron chi connectivity index (χ4n) is 3.27. The second-order valence-electron chi connectivity index (χ2n) is 5.76. The Morgan fingerprint density at radius 1 is 1.35 bits per heavy atom. The molecular weight excluding hydrogens is 276 g/mol. The molecule has 1 fully saturated rings. The quantitative estimate of drug-likeness (QED) is 0.774. The van der Waals surface area contributed by atoms with Crippen LogP contribution < -0.4 is 5.32 Å². The van der Waals surface area contributed by atoms with Crippen molar-refractivity contribution in [1.82, 2.24) is 5.32 Å². The van der Waals surface area contributed by atoms with Gasteiger partial charge in [0.1, 0.15) is 0 Å². The van der Waals surface area contributed by atoms with Gasteiger partial charge in [0.15, 0.2) is 0 Å². The molecule has 3 atom stereocenters. The molecule has 0 saturated heterocycles. The van der Waals surface area contributed by atoms with E-state index in [9.17, 15) is 8.78 Å². The van der Waals surface area contributed by atoms with Crippen LogP contribution >= 0.6 is 11.8 Å². The highest BCUT2D eigenvalue weighted by Crippen LogP contribution is 2.54. The van der Waals surface area contributed by atoms with Gasteiger partial charge in [0.05, 0.1) is 5.75 Å². The molecule has 1 aromatic carbocycles. The summed E-state index contributed by atoms with van der Waals surface area (Å²) in [5.41, 5.74) is 1.63. The molecule has 1 aliphatic carbocycles. The van der Waals surface area contributed by atoms with Crippen LogP contribution in [0.1, 0.15) is 38.2 Å². The molecule has 0 bridgehead atoms. The van der Waals surface area contributed by atoms with Crippen LogP contribution in [0, 0.1) is 5.41 Å². The number of halogens is 2. The van der Waals surface area contributed by atoms with Crippen molar-refractivity contribution in [2.75, 3.05) is 12.8 Å². The molecule has 2 rings (SSSR count). The van der Waals surface area contributed by atoms with E-state index in [1.807, 2.05) is 19.2 Å². The van der Waals surface area contributed by atoms with Crippen LogP contribution in [0.3, 0.4) is 0 Å². The summed E-state index contributed by atoms with van der Waals surface area (Å²) < 4.78 is 24.4. The van der Waals surface area contributed by atoms with E-state index in [1.54, 1.807) is 0 Å². The Hall–Kier alpha value is -0.610. The van der Waals surface area contributed by atoms with Crippen LogP contribution in [0.5, 0.6) is 0 Å². The molecular formula is C16H23F2NS. The van der Waals surface area contributed by atoms with Gasteiger partial charge in [-0.2, -0.15) is 0 Å². The van der Waals surface area contributed by atoms with E-state index in [1.165, 1.54) is 17.3 Å². The molecule has 112 valence electrons. The zero-order valence-electron chi connectivity index (χ0n) is 12.3. The van der Waals surface area contributed by atoms with Crippen LogP contribution in [-0.4, -0.2) is 25.3 Å². The minimum atomic E-state index is -2.24. The molecule has 1 aliphatic rings. The number of alkyl halides is 2. The molecule has 1 nitrogen and oxygen atoms in total. The predicted octanol–water partition coefficient (Wildman–Crippen LogP) is 4.54. The SMILES string of the molecule is CCC1(C)C(NC)CC1c1ccc(SCC(F)F)cc1. The fraction of sp³-hybridized carbons (Fsp3) is 0.625. The maximum absolute atomic E-state index is 12.2. The van der Waals surface area contributed by atoms with Gasteiger partial charge in [-0.3, -0.25) is 0 Å². The first kappa shape index (κ1) is 15.8. The monoisotopic (exact) mass is 299 g/mol. The van der Waals surface area contributed by atoms with E-state index < -0.39 is 6.43 Å². The molecule has 0 heterocycles. The van der Waals surface area contributed by atoms with Crippen molar-refractivity contribution in [2.24, 2.45) is 5.41 Å². The summed E-state index contributed by atoms with van der Waals surface area (Å²) in [6, 6.07) is 8.75. The lowest BCUT2D eigenvalue weighted by Crippen LogP contribution is -2.55. The third-order valence-corrected chi connectivity index (χ3v) is 5.86. The molecule has 0 aliphatic heterocycles. The molecule has 1 saturated carbocycles. The van der Waals surface area contributed by atoms with Crippen LogP contribution in [0.25, 0.3) is 0 Å². The van der Waals surface area contributed by atoms with Gasteiger partial charge < -0.3 is 5.32 Å². The largest absolute Gasteiger partial charge is 0.316 e. The maximum Gasteiger partial charge on any atom is 0.247 e. The Morgan fingerprint density at radius 2 is 2.00 bits per heavy atom. The third kappa shape index (κ3) is 3.01. The number of nitrogens with one attached hydrogen (secondary N) is 1. The summed E-state index contributed by atoms with van der Waals surface area (Å²) in [4.78, 5) is 0.928. The summed E-state index contributed by atoms with van der Waals surface area (Å²) in [5.74, 6) is 0.441. The van der Waals surface area contributed by atoms with Crippen molar-refractivity contribution in [2.45, 2.75) is 50.0 Å². The van der Waals surface area contributed by atoms with Crippen molar-refractivity contribution < 1.29 is 8.78 Å². The molecule has 3 unspecified atom stereocenters. The fourth-order valence-corrected chi connectivity index (χ4v) is 3.92. The molecule has 0 aromatic heterocycles. The van der Waals surface area contributed by atoms with Crippen molar-refractivity contribution in [3.8, 4) is 0 Å². The van der Waals surface area contributed by atoms with Crippen LogP contribution in [0.4, 0.5) is 8.78 Å². The van der Waals surface area contributed by atoms with E-state index in [4.69, 9.17) is 0 Å². The molecule has 0 amide bonds. The second kappa shape index (κ2) is 6.44. The van der Waals surface area contributed by atoms with E-state index in [2.05, 4.69) is 31.3 Å². The smallest absolute Gasteiger partial charge is 0.247 e. The van der Waals surface area contributed by atoms with Crippen LogP contribution in [0.2, 0.25) is 0 Å². The normalized spacial score (nSPS) is 29.5. The lowest BCUT2D eigenvalue weighted by molar-refractivity contribution is 0.0495. The highest BCUT2D eigenvalue weighted by molar-refractivity contribution is 7.99. The van der Waals surface area contributed by atoms with Gasteiger partial charge in [-0.05, 0) is 48.9 Å². The third-order valence-electron chi connectivity index (χ3n) is 4.83. The summed E-state index contributed by atoms with van der Waals surface area (Å²) in [5, 5.41) is 3.40. The summed E-state index contributed by atoms with van der Waals surface area (Å²) >= 11 is 1.22. The number of hydrogen-bond acceptors (Lipinski definition) is 2. The molecule has 4 heteroatoms. The Balaban J connectivity index is 2.04. The Morgan fingerprint density at radius 3 is 2.50 bits per heavy atom. The van der Waals surface area contributed by atoms with Gasteiger partial charge >= 0.3 is 0 Å². The molecule has 1 aromatic rings. The van der Waals surface area contributed by atoms with Gasteiger partial charge in [-0.25, -0.2) is 8.78 Å². The number of benzene rings is 1. The Kier molecular flexibility index (Phi) is 5.08. The number of rotatable bonds is 6. The van der Waals surface area contributed by atoms with Crippen molar-refractivity contribution in [3.63, 3.8) is 0 Å². The van der Waals surface area contributed by atoms with Gasteiger partial charge in [-0.15, -0.1) is 11.8 Å². The zero-order valence-corrected chi connectivity index (χ0v) is 13.1. The molecule has 1 N–H and O–H groups in total. The zero-order chi connectivity index (χ0) is 14.8. The highest BCUT2D eigenvalue weighted by Gasteiger charge is 2.49. The van der Waals surface area contributed by atoms with E-state index in [-0.39, 0.29) is 5.75 Å². The Labute approximate surface area is 124 Å². The maximum atomic E-state index is 12.2. The van der Waals surface area contributed by atoms with Gasteiger partial charge in [0.25, 0.3) is 0 Å². The average molecular weight is 299 g/mol. The predicted molar refractivity (Wildman–Crippen MR) is 81.8 cm³/mol. The first-order chi connectivity index (χ1) is 9.51. The standard InChI is InChI=1S/C16H23F2NS/c1-4-16(2)13(9-14(16)19-3)11-5-7-12(8-6-11)20-10-15(17)18/h5-8,13-15,19H,4,9-10H2,1-3H3. The van der Waals surface area contributed by atoms with Crippen LogP contribution in [-0.2, 0) is 0 Å². The van der Waals surface area contributed by atoms with Crippen LogP contribution in [0.15, 0.2) is 29.2 Å². The number of thioether (sulfide) groups is 1. The van der Waals surface area contributed by atoms with Gasteiger partial charge in [-0.1, -0.05) is 26.0 Å². The van der Waals surface area contributed by atoms with Crippen molar-refractivity contribution in [1.29, 1.82) is 0 Å². The summed E-state index contributed by atoms with van der Waals surface area (Å²) in [6.45, 7) is 4.57. The summed E-state index contributed by atoms with van der Waals surface area (Å²) in [7, 11) is 2.03. The van der Waals surface area contributed by atoms with E-state index in [0.29, 0.717) is 17.4 Å². The van der Waals surface area contributed by atoms with Crippen molar-refractivity contribution >= 4 is 11.8 Å². The summed E-state index contributed by atoms with van der Waals surface area (Å²) in [6.07, 6.45) is 0.0566. The first-order valence-corrected chi connectivity index (χ1v) is 8.18. The topological polar surface area (TPSA) is 12.0 Å². The van der Waals surface area contributed by atoms with E-state index in [0.717, 1.165) is 17.7 Å². The minimum Gasteiger partial charge on any atom is -0.316 e. The van der Waals surface area contributed by atoms with Gasteiger partial charge in [0, 0.05) is 10.9 Å². The van der Waals surface area contributed by atoms with E-state index >= 15 is 0 Å². The Bertz CT molecular complexity index is 435. The lowest BCUT2D eigenvalue weighted by Gasteiger charge is -2.54. The van der Waals surface area contributed by atoms with Crippen molar-refractivity contribution in [3.05, 3.63) is 29.8 Å². The second-order valence-corrected chi connectivity index (χ2v) is 6.85. The number of hydrogen-bond donors (Lipinski definition) is 1. The highest BCUT2D eigenvalue weighted by atomic mass is 32.2. The average Bonchev–Trinajstić information content (AvgIpc) is 2.44. The lowest BCUT2D eigenvalue weighted by atomic mass is 9.54.